The SMILES string of the molecule is CCC#CC(C)OC1CCN(CC(C)C)CC1. The number of rotatable bonds is 4. The molecule has 0 N–H and O–H groups in total. The summed E-state index contributed by atoms with van der Waals surface area (Å²) in [5.74, 6) is 6.99. The Morgan fingerprint density at radius 3 is 2.41 bits per heavy atom. The molecule has 0 aromatic rings. The molecule has 0 aromatic heterocycles. The van der Waals surface area contributed by atoms with Crippen LogP contribution in [0.1, 0.15) is 47.0 Å². The van der Waals surface area contributed by atoms with Crippen molar-refractivity contribution in [3.05, 3.63) is 0 Å². The average molecular weight is 237 g/mol. The van der Waals surface area contributed by atoms with Crippen molar-refractivity contribution >= 4 is 0 Å². The second-order valence-corrected chi connectivity index (χ2v) is 5.35. The highest BCUT2D eigenvalue weighted by molar-refractivity contribution is 5.03. The van der Waals surface area contributed by atoms with Gasteiger partial charge in [-0.15, -0.1) is 5.92 Å². The Morgan fingerprint density at radius 2 is 1.88 bits per heavy atom. The summed E-state index contributed by atoms with van der Waals surface area (Å²) in [4.78, 5) is 2.55. The number of piperidine rings is 1. The summed E-state index contributed by atoms with van der Waals surface area (Å²) >= 11 is 0. The molecule has 1 heterocycles. The molecule has 0 saturated carbocycles. The Labute approximate surface area is 107 Å². The van der Waals surface area contributed by atoms with Crippen molar-refractivity contribution < 1.29 is 4.74 Å². The first kappa shape index (κ1) is 14.5. The van der Waals surface area contributed by atoms with Gasteiger partial charge in [-0.05, 0) is 25.7 Å². The highest BCUT2D eigenvalue weighted by Gasteiger charge is 2.21. The molecule has 0 aromatic carbocycles. The molecule has 2 heteroatoms. The van der Waals surface area contributed by atoms with Gasteiger partial charge in [-0.25, -0.2) is 0 Å². The normalized spacial score (nSPS) is 20.1. The molecule has 1 saturated heterocycles. The molecule has 17 heavy (non-hydrogen) atoms. The van der Waals surface area contributed by atoms with Crippen LogP contribution >= 0.6 is 0 Å². The van der Waals surface area contributed by atoms with E-state index in [1.807, 2.05) is 0 Å². The monoisotopic (exact) mass is 237 g/mol. The minimum atomic E-state index is 0.0941. The quantitative estimate of drug-likeness (QED) is 0.697. The molecule has 0 amide bonds. The van der Waals surface area contributed by atoms with Crippen LogP contribution in [0.4, 0.5) is 0 Å². The standard InChI is InChI=1S/C15H27NO/c1-5-6-7-14(4)17-15-8-10-16(11-9-15)12-13(2)3/h13-15H,5,8-12H2,1-4H3. The first-order valence-electron chi connectivity index (χ1n) is 6.98. The van der Waals surface area contributed by atoms with Crippen molar-refractivity contribution in [1.29, 1.82) is 0 Å². The predicted octanol–water partition coefficient (Wildman–Crippen LogP) is 2.93. The van der Waals surface area contributed by atoms with E-state index in [9.17, 15) is 0 Å². The van der Waals surface area contributed by atoms with E-state index in [1.165, 1.54) is 19.6 Å². The van der Waals surface area contributed by atoms with Gasteiger partial charge in [0.2, 0.25) is 0 Å². The van der Waals surface area contributed by atoms with Gasteiger partial charge in [-0.3, -0.25) is 0 Å². The van der Waals surface area contributed by atoms with Crippen LogP contribution in [0.25, 0.3) is 0 Å². The first-order valence-corrected chi connectivity index (χ1v) is 6.98. The van der Waals surface area contributed by atoms with Crippen molar-refractivity contribution in [3.63, 3.8) is 0 Å². The zero-order chi connectivity index (χ0) is 12.7. The zero-order valence-electron chi connectivity index (χ0n) is 11.8. The molecule has 0 aliphatic carbocycles. The molecule has 1 unspecified atom stereocenters. The smallest absolute Gasteiger partial charge is 0.115 e. The van der Waals surface area contributed by atoms with Gasteiger partial charge in [0.1, 0.15) is 6.10 Å². The third-order valence-electron chi connectivity index (χ3n) is 3.04. The lowest BCUT2D eigenvalue weighted by atomic mass is 10.1. The van der Waals surface area contributed by atoms with Crippen LogP contribution in [0, 0.1) is 17.8 Å². The van der Waals surface area contributed by atoms with E-state index in [4.69, 9.17) is 4.74 Å². The summed E-state index contributed by atoms with van der Waals surface area (Å²) in [6, 6.07) is 0. The van der Waals surface area contributed by atoms with E-state index in [1.54, 1.807) is 0 Å². The number of ether oxygens (including phenoxy) is 1. The fourth-order valence-corrected chi connectivity index (χ4v) is 2.31. The molecule has 1 rings (SSSR count). The maximum atomic E-state index is 5.95. The molecule has 1 aliphatic rings. The number of nitrogens with zero attached hydrogens (tertiary/aromatic N) is 1. The van der Waals surface area contributed by atoms with Crippen molar-refractivity contribution in [1.82, 2.24) is 4.90 Å². The molecule has 1 fully saturated rings. The van der Waals surface area contributed by atoms with Gasteiger partial charge in [0.15, 0.2) is 0 Å². The predicted molar refractivity (Wildman–Crippen MR) is 72.9 cm³/mol. The molecular formula is C15H27NO. The highest BCUT2D eigenvalue weighted by atomic mass is 16.5. The minimum Gasteiger partial charge on any atom is -0.362 e. The van der Waals surface area contributed by atoms with E-state index < -0.39 is 0 Å². The lowest BCUT2D eigenvalue weighted by Crippen LogP contribution is -2.39. The van der Waals surface area contributed by atoms with Crippen LogP contribution in [-0.2, 0) is 4.74 Å². The van der Waals surface area contributed by atoms with Crippen LogP contribution < -0.4 is 0 Å². The van der Waals surface area contributed by atoms with Crippen LogP contribution in [0.3, 0.4) is 0 Å². The van der Waals surface area contributed by atoms with Gasteiger partial charge in [-0.1, -0.05) is 26.7 Å². The maximum absolute atomic E-state index is 5.95. The van der Waals surface area contributed by atoms with Crippen molar-refractivity contribution in [2.24, 2.45) is 5.92 Å². The van der Waals surface area contributed by atoms with E-state index in [-0.39, 0.29) is 6.10 Å². The second kappa shape index (κ2) is 7.74. The Kier molecular flexibility index (Phi) is 6.62. The Hall–Kier alpha value is -0.520. The third-order valence-corrected chi connectivity index (χ3v) is 3.04. The lowest BCUT2D eigenvalue weighted by Gasteiger charge is -2.33. The topological polar surface area (TPSA) is 12.5 Å². The average Bonchev–Trinajstić information content (AvgIpc) is 2.28. The molecule has 0 bridgehead atoms. The van der Waals surface area contributed by atoms with Crippen molar-refractivity contribution in [2.75, 3.05) is 19.6 Å². The minimum absolute atomic E-state index is 0.0941. The summed E-state index contributed by atoms with van der Waals surface area (Å²) in [5.41, 5.74) is 0. The molecule has 1 atom stereocenters. The molecular weight excluding hydrogens is 210 g/mol. The van der Waals surface area contributed by atoms with Gasteiger partial charge < -0.3 is 9.64 Å². The van der Waals surface area contributed by atoms with E-state index in [2.05, 4.69) is 44.4 Å². The largest absolute Gasteiger partial charge is 0.362 e. The fraction of sp³-hybridized carbons (Fsp3) is 0.867. The lowest BCUT2D eigenvalue weighted by molar-refractivity contribution is -0.0134. The second-order valence-electron chi connectivity index (χ2n) is 5.35. The summed E-state index contributed by atoms with van der Waals surface area (Å²) < 4.78 is 5.95. The summed E-state index contributed by atoms with van der Waals surface area (Å²) in [6.07, 6.45) is 3.74. The Morgan fingerprint density at radius 1 is 1.24 bits per heavy atom. The molecule has 2 nitrogen and oxygen atoms in total. The van der Waals surface area contributed by atoms with Gasteiger partial charge in [0.05, 0.1) is 6.10 Å². The van der Waals surface area contributed by atoms with Crippen molar-refractivity contribution in [3.8, 4) is 11.8 Å². The summed E-state index contributed by atoms with van der Waals surface area (Å²) in [5, 5.41) is 0. The number of hydrogen-bond acceptors (Lipinski definition) is 2. The van der Waals surface area contributed by atoms with Crippen LogP contribution in [0.5, 0.6) is 0 Å². The summed E-state index contributed by atoms with van der Waals surface area (Å²) in [6.45, 7) is 12.3. The van der Waals surface area contributed by atoms with Gasteiger partial charge >= 0.3 is 0 Å². The van der Waals surface area contributed by atoms with Crippen LogP contribution in [-0.4, -0.2) is 36.7 Å². The highest BCUT2D eigenvalue weighted by Crippen LogP contribution is 2.16. The molecule has 98 valence electrons. The van der Waals surface area contributed by atoms with Crippen LogP contribution in [0.2, 0.25) is 0 Å². The van der Waals surface area contributed by atoms with Gasteiger partial charge in [0.25, 0.3) is 0 Å². The van der Waals surface area contributed by atoms with E-state index in [0.717, 1.165) is 25.2 Å². The number of hydrogen-bond donors (Lipinski definition) is 0. The van der Waals surface area contributed by atoms with Crippen molar-refractivity contribution in [2.45, 2.75) is 59.2 Å². The Balaban J connectivity index is 2.23. The van der Waals surface area contributed by atoms with E-state index >= 15 is 0 Å². The molecule has 1 aliphatic heterocycles. The summed E-state index contributed by atoms with van der Waals surface area (Å²) in [7, 11) is 0. The number of likely N-dealkylation sites (tertiary alicyclic amines) is 1. The maximum Gasteiger partial charge on any atom is 0.115 e. The molecule has 0 radical (unpaired) electrons. The van der Waals surface area contributed by atoms with Gasteiger partial charge in [0, 0.05) is 26.1 Å². The van der Waals surface area contributed by atoms with E-state index in [0.29, 0.717) is 6.10 Å². The Bertz CT molecular complexity index is 256. The zero-order valence-corrected chi connectivity index (χ0v) is 11.8. The van der Waals surface area contributed by atoms with Crippen LogP contribution in [0.15, 0.2) is 0 Å². The first-order chi connectivity index (χ1) is 8.11. The fourth-order valence-electron chi connectivity index (χ4n) is 2.31. The van der Waals surface area contributed by atoms with Gasteiger partial charge in [-0.2, -0.15) is 0 Å². The third kappa shape index (κ3) is 6.10. The molecule has 0 spiro atoms.